The van der Waals surface area contributed by atoms with Gasteiger partial charge in [0.05, 0.1) is 25.4 Å². The van der Waals surface area contributed by atoms with Gasteiger partial charge in [-0.2, -0.15) is 0 Å². The molecule has 1 aliphatic heterocycles. The number of nitrogens with zero attached hydrogens (tertiary/aromatic N) is 2. The SMILES string of the molecule is CCNC(=NCc1cccc(C(=O)NCC2CCCO2)c1)NCc1ncc(C(C)(C)C)o1. The van der Waals surface area contributed by atoms with E-state index in [-0.39, 0.29) is 17.4 Å². The van der Waals surface area contributed by atoms with E-state index in [9.17, 15) is 4.79 Å². The lowest BCUT2D eigenvalue weighted by atomic mass is 9.94. The molecular weight excluding hydrogens is 406 g/mol. The standard InChI is InChI=1S/C24H35N5O3/c1-5-25-23(29-16-21-26-15-20(32-21)24(2,3)4)28-13-17-8-6-9-18(12-17)22(30)27-14-19-10-7-11-31-19/h6,8-9,12,15,19H,5,7,10-11,13-14,16H2,1-4H3,(H,27,30)(H2,25,28,29). The number of guanidine groups is 1. The predicted molar refractivity (Wildman–Crippen MR) is 125 cm³/mol. The number of rotatable bonds is 8. The molecule has 3 N–H and O–H groups in total. The Morgan fingerprint density at radius 3 is 2.78 bits per heavy atom. The molecule has 0 saturated carbocycles. The van der Waals surface area contributed by atoms with Crippen molar-refractivity contribution in [2.45, 2.75) is 65.1 Å². The predicted octanol–water partition coefficient (Wildman–Crippen LogP) is 3.14. The maximum atomic E-state index is 12.5. The van der Waals surface area contributed by atoms with Crippen molar-refractivity contribution < 1.29 is 13.9 Å². The molecule has 32 heavy (non-hydrogen) atoms. The Hall–Kier alpha value is -2.87. The van der Waals surface area contributed by atoms with Gasteiger partial charge in [0.1, 0.15) is 5.76 Å². The second kappa shape index (κ2) is 11.1. The highest BCUT2D eigenvalue weighted by Crippen LogP contribution is 2.22. The van der Waals surface area contributed by atoms with Crippen molar-refractivity contribution >= 4 is 11.9 Å². The van der Waals surface area contributed by atoms with Gasteiger partial charge in [-0.25, -0.2) is 9.98 Å². The fourth-order valence-corrected chi connectivity index (χ4v) is 3.33. The van der Waals surface area contributed by atoms with Gasteiger partial charge >= 0.3 is 0 Å². The largest absolute Gasteiger partial charge is 0.443 e. The minimum Gasteiger partial charge on any atom is -0.443 e. The molecular formula is C24H35N5O3. The van der Waals surface area contributed by atoms with Crippen LogP contribution in [0.2, 0.25) is 0 Å². The van der Waals surface area contributed by atoms with Crippen LogP contribution in [0.25, 0.3) is 0 Å². The number of hydrogen-bond donors (Lipinski definition) is 3. The number of carbonyl (C=O) groups is 1. The van der Waals surface area contributed by atoms with Crippen LogP contribution in [-0.4, -0.2) is 42.7 Å². The molecule has 1 aliphatic rings. The lowest BCUT2D eigenvalue weighted by Gasteiger charge is -2.13. The highest BCUT2D eigenvalue weighted by atomic mass is 16.5. The average molecular weight is 442 g/mol. The number of benzene rings is 1. The Morgan fingerprint density at radius 2 is 2.09 bits per heavy atom. The molecule has 0 aliphatic carbocycles. The number of aliphatic imine (C=N–C) groups is 1. The molecule has 1 aromatic carbocycles. The van der Waals surface area contributed by atoms with Crippen LogP contribution in [0.5, 0.6) is 0 Å². The van der Waals surface area contributed by atoms with Gasteiger partial charge in [-0.3, -0.25) is 4.79 Å². The number of oxazole rings is 1. The van der Waals surface area contributed by atoms with Crippen LogP contribution in [0.3, 0.4) is 0 Å². The highest BCUT2D eigenvalue weighted by molar-refractivity contribution is 5.94. The lowest BCUT2D eigenvalue weighted by Crippen LogP contribution is -2.36. The molecule has 1 aromatic heterocycles. The molecule has 8 heteroatoms. The van der Waals surface area contributed by atoms with Crippen molar-refractivity contribution in [3.8, 4) is 0 Å². The normalized spacial score (nSPS) is 16.8. The van der Waals surface area contributed by atoms with Gasteiger partial charge < -0.3 is 25.1 Å². The summed E-state index contributed by atoms with van der Waals surface area (Å²) in [6.45, 7) is 11.2. The van der Waals surface area contributed by atoms with Gasteiger partial charge in [0, 0.05) is 30.7 Å². The molecule has 1 saturated heterocycles. The summed E-state index contributed by atoms with van der Waals surface area (Å²) in [6.07, 6.45) is 3.96. The molecule has 0 radical (unpaired) electrons. The summed E-state index contributed by atoms with van der Waals surface area (Å²) < 4.78 is 11.4. The molecule has 1 unspecified atom stereocenters. The minimum atomic E-state index is -0.0880. The van der Waals surface area contributed by atoms with Gasteiger partial charge in [0.15, 0.2) is 5.96 Å². The molecule has 0 spiro atoms. The van der Waals surface area contributed by atoms with Crippen LogP contribution in [-0.2, 0) is 23.2 Å². The number of carbonyl (C=O) groups excluding carboxylic acids is 1. The number of hydrogen-bond acceptors (Lipinski definition) is 5. The first-order valence-electron chi connectivity index (χ1n) is 11.3. The third kappa shape index (κ3) is 7.09. The smallest absolute Gasteiger partial charge is 0.251 e. The molecule has 1 atom stereocenters. The zero-order chi connectivity index (χ0) is 23.0. The summed E-state index contributed by atoms with van der Waals surface area (Å²) in [7, 11) is 0. The van der Waals surface area contributed by atoms with E-state index < -0.39 is 0 Å². The number of amides is 1. The number of nitrogens with one attached hydrogen (secondary N) is 3. The van der Waals surface area contributed by atoms with Crippen LogP contribution in [0, 0.1) is 0 Å². The molecule has 2 heterocycles. The van der Waals surface area contributed by atoms with E-state index in [0.29, 0.717) is 37.0 Å². The maximum Gasteiger partial charge on any atom is 0.251 e. The molecule has 8 nitrogen and oxygen atoms in total. The van der Waals surface area contributed by atoms with E-state index >= 15 is 0 Å². The third-order valence-electron chi connectivity index (χ3n) is 5.17. The van der Waals surface area contributed by atoms with E-state index in [1.54, 1.807) is 6.20 Å². The van der Waals surface area contributed by atoms with Crippen molar-refractivity contribution in [2.75, 3.05) is 19.7 Å². The monoisotopic (exact) mass is 441 g/mol. The van der Waals surface area contributed by atoms with Gasteiger partial charge in [-0.1, -0.05) is 32.9 Å². The van der Waals surface area contributed by atoms with Crippen molar-refractivity contribution in [2.24, 2.45) is 4.99 Å². The summed E-state index contributed by atoms with van der Waals surface area (Å²) in [5.74, 6) is 2.04. The summed E-state index contributed by atoms with van der Waals surface area (Å²) in [5, 5.41) is 9.44. The van der Waals surface area contributed by atoms with Crippen LogP contribution < -0.4 is 16.0 Å². The van der Waals surface area contributed by atoms with Crippen molar-refractivity contribution in [1.29, 1.82) is 0 Å². The Labute approximate surface area is 190 Å². The van der Waals surface area contributed by atoms with Gasteiger partial charge in [0.2, 0.25) is 5.89 Å². The van der Waals surface area contributed by atoms with Crippen molar-refractivity contribution in [1.82, 2.24) is 20.9 Å². The zero-order valence-electron chi connectivity index (χ0n) is 19.5. The molecule has 0 bridgehead atoms. The first kappa shape index (κ1) is 23.8. The molecule has 174 valence electrons. The number of ether oxygens (including phenoxy) is 1. The zero-order valence-corrected chi connectivity index (χ0v) is 19.5. The van der Waals surface area contributed by atoms with E-state index in [4.69, 9.17) is 9.15 Å². The summed E-state index contributed by atoms with van der Waals surface area (Å²) in [4.78, 5) is 21.5. The quantitative estimate of drug-likeness (QED) is 0.430. The van der Waals surface area contributed by atoms with E-state index in [0.717, 1.165) is 37.3 Å². The van der Waals surface area contributed by atoms with E-state index in [2.05, 4.69) is 46.7 Å². The summed E-state index contributed by atoms with van der Waals surface area (Å²) >= 11 is 0. The van der Waals surface area contributed by atoms with Crippen LogP contribution in [0.4, 0.5) is 0 Å². The summed E-state index contributed by atoms with van der Waals surface area (Å²) in [6, 6.07) is 7.54. The molecule has 1 amide bonds. The first-order chi connectivity index (χ1) is 15.3. The second-order valence-corrected chi connectivity index (χ2v) is 8.96. The molecule has 1 fully saturated rings. The maximum absolute atomic E-state index is 12.5. The fraction of sp³-hybridized carbons (Fsp3) is 0.542. The third-order valence-corrected chi connectivity index (χ3v) is 5.17. The molecule has 2 aromatic rings. The Bertz CT molecular complexity index is 910. The first-order valence-corrected chi connectivity index (χ1v) is 11.3. The highest BCUT2D eigenvalue weighted by Gasteiger charge is 2.19. The Morgan fingerprint density at radius 1 is 1.25 bits per heavy atom. The fourth-order valence-electron chi connectivity index (χ4n) is 3.33. The Balaban J connectivity index is 1.56. The van der Waals surface area contributed by atoms with E-state index in [1.807, 2.05) is 31.2 Å². The lowest BCUT2D eigenvalue weighted by molar-refractivity contribution is 0.0857. The van der Waals surface area contributed by atoms with Crippen LogP contribution >= 0.6 is 0 Å². The average Bonchev–Trinajstić information content (AvgIpc) is 3.46. The van der Waals surface area contributed by atoms with Gasteiger partial charge in [-0.05, 0) is 37.5 Å². The second-order valence-electron chi connectivity index (χ2n) is 8.96. The summed E-state index contributed by atoms with van der Waals surface area (Å²) in [5.41, 5.74) is 1.51. The van der Waals surface area contributed by atoms with Gasteiger partial charge in [0.25, 0.3) is 5.91 Å². The van der Waals surface area contributed by atoms with Crippen LogP contribution in [0.15, 0.2) is 39.9 Å². The number of aromatic nitrogens is 1. The topological polar surface area (TPSA) is 101 Å². The van der Waals surface area contributed by atoms with E-state index in [1.165, 1.54) is 0 Å². The minimum absolute atomic E-state index is 0.0781. The van der Waals surface area contributed by atoms with Crippen molar-refractivity contribution in [3.63, 3.8) is 0 Å². The molecule has 3 rings (SSSR count). The van der Waals surface area contributed by atoms with Crippen molar-refractivity contribution in [3.05, 3.63) is 53.2 Å². The Kier molecular flexibility index (Phi) is 8.27. The van der Waals surface area contributed by atoms with Gasteiger partial charge in [-0.15, -0.1) is 0 Å². The van der Waals surface area contributed by atoms with Crippen LogP contribution in [0.1, 0.15) is 68.1 Å².